The topological polar surface area (TPSA) is 68.8 Å². The molecule has 17 heavy (non-hydrogen) atoms. The standard InChI is InChI=1S/C11H17N5O/c1-8-10(9(2)16(3)14-8)6-12-5-4-11-13-7-17-15-11/h7,12H,4-6H2,1-3H3. The van der Waals surface area contributed by atoms with Gasteiger partial charge in [0.2, 0.25) is 6.39 Å². The first-order chi connectivity index (χ1) is 8.18. The average Bonchev–Trinajstić information content (AvgIpc) is 2.87. The number of aryl methyl sites for hydroxylation is 2. The molecule has 0 spiro atoms. The molecule has 0 aromatic carbocycles. The molecule has 6 nitrogen and oxygen atoms in total. The van der Waals surface area contributed by atoms with Gasteiger partial charge in [0.1, 0.15) is 0 Å². The van der Waals surface area contributed by atoms with Crippen molar-refractivity contribution in [3.05, 3.63) is 29.2 Å². The van der Waals surface area contributed by atoms with Gasteiger partial charge in [-0.15, -0.1) is 0 Å². The predicted molar refractivity (Wildman–Crippen MR) is 62.4 cm³/mol. The van der Waals surface area contributed by atoms with Crippen molar-refractivity contribution in [2.45, 2.75) is 26.8 Å². The van der Waals surface area contributed by atoms with Crippen LogP contribution in [0.1, 0.15) is 22.8 Å². The lowest BCUT2D eigenvalue weighted by molar-refractivity contribution is 0.409. The van der Waals surface area contributed by atoms with E-state index in [1.165, 1.54) is 17.7 Å². The van der Waals surface area contributed by atoms with E-state index in [2.05, 4.69) is 32.0 Å². The smallest absolute Gasteiger partial charge is 0.213 e. The summed E-state index contributed by atoms with van der Waals surface area (Å²) in [5.41, 5.74) is 3.55. The van der Waals surface area contributed by atoms with Crippen LogP contribution in [0, 0.1) is 13.8 Å². The van der Waals surface area contributed by atoms with Crippen LogP contribution in [0.5, 0.6) is 0 Å². The summed E-state index contributed by atoms with van der Waals surface area (Å²) in [5, 5.41) is 11.5. The summed E-state index contributed by atoms with van der Waals surface area (Å²) in [5.74, 6) is 0.733. The summed E-state index contributed by atoms with van der Waals surface area (Å²) < 4.78 is 6.58. The van der Waals surface area contributed by atoms with Crippen LogP contribution in [0.25, 0.3) is 0 Å². The highest BCUT2D eigenvalue weighted by Crippen LogP contribution is 2.10. The molecular formula is C11H17N5O. The maximum atomic E-state index is 4.67. The first kappa shape index (κ1) is 11.8. The lowest BCUT2D eigenvalue weighted by atomic mass is 10.2. The second kappa shape index (κ2) is 5.09. The van der Waals surface area contributed by atoms with Crippen LogP contribution in [0.2, 0.25) is 0 Å². The minimum absolute atomic E-state index is 0.733. The number of nitrogens with one attached hydrogen (secondary N) is 1. The summed E-state index contributed by atoms with van der Waals surface area (Å²) in [6.07, 6.45) is 2.12. The van der Waals surface area contributed by atoms with Gasteiger partial charge in [0.05, 0.1) is 5.69 Å². The molecule has 0 amide bonds. The minimum atomic E-state index is 0.733. The molecule has 6 heteroatoms. The second-order valence-electron chi connectivity index (χ2n) is 4.05. The number of hydrogen-bond donors (Lipinski definition) is 1. The van der Waals surface area contributed by atoms with Gasteiger partial charge in [0, 0.05) is 37.8 Å². The fourth-order valence-corrected chi connectivity index (χ4v) is 1.79. The van der Waals surface area contributed by atoms with Gasteiger partial charge in [-0.1, -0.05) is 5.16 Å². The van der Waals surface area contributed by atoms with Gasteiger partial charge in [-0.3, -0.25) is 4.68 Å². The Morgan fingerprint density at radius 3 is 2.82 bits per heavy atom. The molecule has 0 saturated heterocycles. The molecule has 1 N–H and O–H groups in total. The summed E-state index contributed by atoms with van der Waals surface area (Å²) in [4.78, 5) is 3.97. The van der Waals surface area contributed by atoms with E-state index in [0.717, 1.165) is 31.0 Å². The Balaban J connectivity index is 1.82. The SMILES string of the molecule is Cc1nn(C)c(C)c1CNCCc1ncon1. The molecule has 2 rings (SSSR count). The lowest BCUT2D eigenvalue weighted by Crippen LogP contribution is -2.18. The number of hydrogen-bond acceptors (Lipinski definition) is 5. The Kier molecular flexibility index (Phi) is 3.53. The molecule has 0 fully saturated rings. The Labute approximate surface area is 100 Å². The highest BCUT2D eigenvalue weighted by molar-refractivity contribution is 5.23. The quantitative estimate of drug-likeness (QED) is 0.775. The normalized spacial score (nSPS) is 11.0. The van der Waals surface area contributed by atoms with E-state index in [-0.39, 0.29) is 0 Å². The van der Waals surface area contributed by atoms with Crippen molar-refractivity contribution >= 4 is 0 Å². The monoisotopic (exact) mass is 235 g/mol. The molecular weight excluding hydrogens is 218 g/mol. The van der Waals surface area contributed by atoms with Gasteiger partial charge in [-0.05, 0) is 13.8 Å². The third-order valence-corrected chi connectivity index (χ3v) is 2.89. The van der Waals surface area contributed by atoms with Crippen LogP contribution in [-0.2, 0) is 20.0 Å². The zero-order valence-electron chi connectivity index (χ0n) is 10.4. The van der Waals surface area contributed by atoms with Crippen molar-refractivity contribution in [3.8, 4) is 0 Å². The van der Waals surface area contributed by atoms with Crippen LogP contribution in [-0.4, -0.2) is 26.5 Å². The number of aromatic nitrogens is 4. The maximum absolute atomic E-state index is 4.67. The number of rotatable bonds is 5. The van der Waals surface area contributed by atoms with E-state index < -0.39 is 0 Å². The molecule has 0 radical (unpaired) electrons. The van der Waals surface area contributed by atoms with Crippen molar-refractivity contribution in [1.82, 2.24) is 25.2 Å². The van der Waals surface area contributed by atoms with Crippen molar-refractivity contribution in [2.24, 2.45) is 7.05 Å². The summed E-state index contributed by atoms with van der Waals surface area (Å²) >= 11 is 0. The van der Waals surface area contributed by atoms with E-state index in [4.69, 9.17) is 0 Å². The molecule has 0 atom stereocenters. The van der Waals surface area contributed by atoms with E-state index in [1.807, 2.05) is 18.7 Å². The highest BCUT2D eigenvalue weighted by atomic mass is 16.5. The predicted octanol–water partition coefficient (Wildman–Crippen LogP) is 0.752. The van der Waals surface area contributed by atoms with Crippen molar-refractivity contribution < 1.29 is 4.52 Å². The van der Waals surface area contributed by atoms with Crippen LogP contribution in [0.15, 0.2) is 10.9 Å². The largest absolute Gasteiger partial charge is 0.343 e. The van der Waals surface area contributed by atoms with Gasteiger partial charge >= 0.3 is 0 Å². The molecule has 0 aliphatic heterocycles. The van der Waals surface area contributed by atoms with Crippen LogP contribution >= 0.6 is 0 Å². The lowest BCUT2D eigenvalue weighted by Gasteiger charge is -2.03. The fourth-order valence-electron chi connectivity index (χ4n) is 1.79. The Bertz CT molecular complexity index is 474. The van der Waals surface area contributed by atoms with Gasteiger partial charge in [-0.2, -0.15) is 10.1 Å². The molecule has 2 aromatic heterocycles. The minimum Gasteiger partial charge on any atom is -0.343 e. The summed E-state index contributed by atoms with van der Waals surface area (Å²) in [6, 6.07) is 0. The van der Waals surface area contributed by atoms with E-state index >= 15 is 0 Å². The van der Waals surface area contributed by atoms with Gasteiger partial charge in [-0.25, -0.2) is 0 Å². The van der Waals surface area contributed by atoms with E-state index in [0.29, 0.717) is 0 Å². The highest BCUT2D eigenvalue weighted by Gasteiger charge is 2.08. The van der Waals surface area contributed by atoms with Gasteiger partial charge in [0.25, 0.3) is 0 Å². The zero-order chi connectivity index (χ0) is 12.3. The van der Waals surface area contributed by atoms with Crippen molar-refractivity contribution in [1.29, 1.82) is 0 Å². The Morgan fingerprint density at radius 1 is 1.41 bits per heavy atom. The summed E-state index contributed by atoms with van der Waals surface area (Å²) in [6.45, 7) is 5.76. The molecule has 0 aliphatic carbocycles. The van der Waals surface area contributed by atoms with Crippen molar-refractivity contribution in [2.75, 3.05) is 6.54 Å². The van der Waals surface area contributed by atoms with Gasteiger partial charge < -0.3 is 9.84 Å². The Hall–Kier alpha value is -1.69. The third kappa shape index (κ3) is 2.71. The first-order valence-electron chi connectivity index (χ1n) is 5.63. The van der Waals surface area contributed by atoms with Crippen LogP contribution in [0.4, 0.5) is 0 Å². The zero-order valence-corrected chi connectivity index (χ0v) is 10.4. The maximum Gasteiger partial charge on any atom is 0.213 e. The third-order valence-electron chi connectivity index (χ3n) is 2.89. The molecule has 2 aromatic rings. The van der Waals surface area contributed by atoms with Crippen LogP contribution < -0.4 is 5.32 Å². The summed E-state index contributed by atoms with van der Waals surface area (Å²) in [7, 11) is 1.96. The molecule has 2 heterocycles. The molecule has 0 aliphatic rings. The van der Waals surface area contributed by atoms with Gasteiger partial charge in [0.15, 0.2) is 5.82 Å². The second-order valence-corrected chi connectivity index (χ2v) is 4.05. The molecule has 0 unspecified atom stereocenters. The fraction of sp³-hybridized carbons (Fsp3) is 0.545. The molecule has 0 saturated carbocycles. The molecule has 0 bridgehead atoms. The first-order valence-corrected chi connectivity index (χ1v) is 5.63. The van der Waals surface area contributed by atoms with E-state index in [1.54, 1.807) is 0 Å². The average molecular weight is 235 g/mol. The molecule has 92 valence electrons. The number of nitrogens with zero attached hydrogens (tertiary/aromatic N) is 4. The van der Waals surface area contributed by atoms with E-state index in [9.17, 15) is 0 Å². The Morgan fingerprint density at radius 2 is 2.24 bits per heavy atom. The van der Waals surface area contributed by atoms with Crippen LogP contribution in [0.3, 0.4) is 0 Å². The van der Waals surface area contributed by atoms with Crippen molar-refractivity contribution in [3.63, 3.8) is 0 Å².